The molecule has 0 amide bonds. The van der Waals surface area contributed by atoms with Crippen molar-refractivity contribution in [3.63, 3.8) is 0 Å². The molecule has 0 aromatic heterocycles. The lowest BCUT2D eigenvalue weighted by Gasteiger charge is -2.19. The molecular weight excluding hydrogens is 121 g/mol. The smallest absolute Gasteiger partial charge is 0.230 e. The maximum Gasteiger partial charge on any atom is 0.230 e. The van der Waals surface area contributed by atoms with Crippen LogP contribution in [0.2, 0.25) is 12.6 Å². The monoisotopic (exact) mass is 135 g/mol. The number of nitrogens with zero attached hydrogens (tertiary/aromatic N) is 1. The molecule has 0 fully saturated rings. The number of rotatable bonds is 2. The van der Waals surface area contributed by atoms with E-state index in [4.69, 9.17) is 0 Å². The molecule has 1 aliphatic rings. The first kappa shape index (κ1) is 7.61. The van der Waals surface area contributed by atoms with Gasteiger partial charge in [0.1, 0.15) is 0 Å². The van der Waals surface area contributed by atoms with Crippen molar-refractivity contribution >= 4 is 6.85 Å². The van der Waals surface area contributed by atoms with E-state index in [1.165, 1.54) is 0 Å². The zero-order chi connectivity index (χ0) is 7.56. The predicted molar refractivity (Wildman–Crippen MR) is 47.3 cm³/mol. The number of hydrogen-bond donors (Lipinski definition) is 0. The highest BCUT2D eigenvalue weighted by Gasteiger charge is 2.19. The Hall–Kier alpha value is -0.495. The van der Waals surface area contributed by atoms with E-state index < -0.39 is 0 Å². The fourth-order valence-corrected chi connectivity index (χ4v) is 1.11. The molecule has 0 saturated heterocycles. The van der Waals surface area contributed by atoms with Gasteiger partial charge in [0.05, 0.1) is 0 Å². The summed E-state index contributed by atoms with van der Waals surface area (Å²) in [5.41, 5.74) is 0. The van der Waals surface area contributed by atoms with E-state index in [0.717, 1.165) is 0 Å². The summed E-state index contributed by atoms with van der Waals surface area (Å²) in [7, 11) is 4.23. The summed E-state index contributed by atoms with van der Waals surface area (Å²) < 4.78 is 0. The second-order valence-electron chi connectivity index (χ2n) is 3.05. The fraction of sp³-hybridized carbons (Fsp3) is 0.500. The van der Waals surface area contributed by atoms with Crippen LogP contribution in [-0.4, -0.2) is 25.8 Å². The van der Waals surface area contributed by atoms with Gasteiger partial charge in [0.2, 0.25) is 6.85 Å². The summed E-state index contributed by atoms with van der Waals surface area (Å²) in [5.74, 6) is 0.620. The molecule has 0 aromatic rings. The van der Waals surface area contributed by atoms with Crippen LogP contribution in [0, 0.1) is 0 Å². The van der Waals surface area contributed by atoms with E-state index in [0.29, 0.717) is 12.7 Å². The minimum atomic E-state index is 0.620. The Bertz CT molecular complexity index is 149. The van der Waals surface area contributed by atoms with Crippen molar-refractivity contribution in [2.75, 3.05) is 14.1 Å². The van der Waals surface area contributed by atoms with Crippen molar-refractivity contribution in [2.24, 2.45) is 0 Å². The van der Waals surface area contributed by atoms with Crippen LogP contribution < -0.4 is 0 Å². The van der Waals surface area contributed by atoms with Crippen LogP contribution in [0.1, 0.15) is 0 Å². The first-order valence-electron chi connectivity index (χ1n) is 3.73. The topological polar surface area (TPSA) is 3.24 Å². The zero-order valence-corrected chi connectivity index (χ0v) is 6.91. The van der Waals surface area contributed by atoms with Gasteiger partial charge in [-0.05, 0) is 19.9 Å². The number of allylic oxidation sites excluding steroid dienone is 4. The first-order valence-corrected chi connectivity index (χ1v) is 3.73. The van der Waals surface area contributed by atoms with Gasteiger partial charge in [-0.1, -0.05) is 31.1 Å². The third-order valence-electron chi connectivity index (χ3n) is 2.15. The van der Waals surface area contributed by atoms with Gasteiger partial charge >= 0.3 is 0 Å². The van der Waals surface area contributed by atoms with Gasteiger partial charge in [-0.25, -0.2) is 0 Å². The molecule has 2 heteroatoms. The van der Waals surface area contributed by atoms with Crippen LogP contribution in [0.4, 0.5) is 0 Å². The second kappa shape index (κ2) is 3.06. The quantitative estimate of drug-likeness (QED) is 0.520. The Kier molecular flexibility index (Phi) is 2.33. The minimum absolute atomic E-state index is 0.620. The maximum absolute atomic E-state index is 2.24. The standard InChI is InChI=1S/C8H14BN/c1-9(10(2)3)8-6-4-5-7-8/h4-8H,1-3H3. The van der Waals surface area contributed by atoms with Gasteiger partial charge < -0.3 is 4.81 Å². The Morgan fingerprint density at radius 2 is 1.70 bits per heavy atom. The van der Waals surface area contributed by atoms with Gasteiger partial charge in [-0.3, -0.25) is 0 Å². The van der Waals surface area contributed by atoms with Crippen molar-refractivity contribution < 1.29 is 0 Å². The normalized spacial score (nSPS) is 17.2. The molecule has 0 N–H and O–H groups in total. The Morgan fingerprint density at radius 1 is 1.20 bits per heavy atom. The summed E-state index contributed by atoms with van der Waals surface area (Å²) in [6.45, 7) is 2.86. The van der Waals surface area contributed by atoms with Gasteiger partial charge in [0, 0.05) is 0 Å². The van der Waals surface area contributed by atoms with Crippen molar-refractivity contribution in [1.29, 1.82) is 0 Å². The Morgan fingerprint density at radius 3 is 2.10 bits per heavy atom. The van der Waals surface area contributed by atoms with E-state index in [-0.39, 0.29) is 0 Å². The lowest BCUT2D eigenvalue weighted by molar-refractivity contribution is 0.637. The second-order valence-corrected chi connectivity index (χ2v) is 3.05. The molecular formula is C8H14BN. The summed E-state index contributed by atoms with van der Waals surface area (Å²) in [6.07, 6.45) is 8.71. The molecule has 0 atom stereocenters. The third kappa shape index (κ3) is 1.51. The summed E-state index contributed by atoms with van der Waals surface area (Å²) in [5, 5.41) is 0. The van der Waals surface area contributed by atoms with Crippen LogP contribution >= 0.6 is 0 Å². The molecule has 0 aromatic carbocycles. The van der Waals surface area contributed by atoms with Crippen LogP contribution in [-0.2, 0) is 0 Å². The molecule has 1 rings (SSSR count). The average molecular weight is 135 g/mol. The first-order chi connectivity index (χ1) is 4.72. The molecule has 0 radical (unpaired) electrons. The highest BCUT2D eigenvalue weighted by molar-refractivity contribution is 6.57. The average Bonchev–Trinajstić information content (AvgIpc) is 2.36. The number of hydrogen-bond acceptors (Lipinski definition) is 1. The molecule has 0 bridgehead atoms. The van der Waals surface area contributed by atoms with Crippen molar-refractivity contribution in [3.05, 3.63) is 24.3 Å². The molecule has 1 nitrogen and oxygen atoms in total. The van der Waals surface area contributed by atoms with Gasteiger partial charge in [0.25, 0.3) is 0 Å². The SMILES string of the molecule is CB(C1C=CC=C1)N(C)C. The van der Waals surface area contributed by atoms with E-state index >= 15 is 0 Å². The summed E-state index contributed by atoms with van der Waals surface area (Å²) in [4.78, 5) is 2.24. The van der Waals surface area contributed by atoms with Crippen molar-refractivity contribution in [1.82, 2.24) is 4.81 Å². The third-order valence-corrected chi connectivity index (χ3v) is 2.15. The lowest BCUT2D eigenvalue weighted by atomic mass is 9.53. The van der Waals surface area contributed by atoms with Crippen LogP contribution in [0.15, 0.2) is 24.3 Å². The van der Waals surface area contributed by atoms with E-state index in [9.17, 15) is 0 Å². The molecule has 0 aliphatic heterocycles. The van der Waals surface area contributed by atoms with E-state index in [2.05, 4.69) is 50.0 Å². The van der Waals surface area contributed by atoms with Crippen LogP contribution in [0.3, 0.4) is 0 Å². The van der Waals surface area contributed by atoms with Crippen LogP contribution in [0.25, 0.3) is 0 Å². The minimum Gasteiger partial charge on any atom is -0.347 e. The molecule has 54 valence electrons. The van der Waals surface area contributed by atoms with Gasteiger partial charge in [-0.2, -0.15) is 0 Å². The molecule has 10 heavy (non-hydrogen) atoms. The van der Waals surface area contributed by atoms with Crippen molar-refractivity contribution in [2.45, 2.75) is 12.6 Å². The van der Waals surface area contributed by atoms with E-state index in [1.54, 1.807) is 0 Å². The van der Waals surface area contributed by atoms with Gasteiger partial charge in [-0.15, -0.1) is 0 Å². The Balaban J connectivity index is 2.49. The summed E-state index contributed by atoms with van der Waals surface area (Å²) >= 11 is 0. The fourth-order valence-electron chi connectivity index (χ4n) is 1.11. The molecule has 0 heterocycles. The molecule has 0 saturated carbocycles. The predicted octanol–water partition coefficient (Wildman–Crippen LogP) is 1.67. The Labute approximate surface area is 63.5 Å². The maximum atomic E-state index is 2.24. The lowest BCUT2D eigenvalue weighted by Crippen LogP contribution is -2.32. The van der Waals surface area contributed by atoms with Crippen molar-refractivity contribution in [3.8, 4) is 0 Å². The molecule has 0 spiro atoms. The molecule has 1 aliphatic carbocycles. The highest BCUT2D eigenvalue weighted by atomic mass is 15.0. The zero-order valence-electron chi connectivity index (χ0n) is 6.91. The largest absolute Gasteiger partial charge is 0.347 e. The highest BCUT2D eigenvalue weighted by Crippen LogP contribution is 2.19. The van der Waals surface area contributed by atoms with E-state index in [1.807, 2.05) is 0 Å². The molecule has 0 unspecified atom stereocenters. The summed E-state index contributed by atoms with van der Waals surface area (Å²) in [6, 6.07) is 0. The van der Waals surface area contributed by atoms with Crippen LogP contribution in [0.5, 0.6) is 0 Å². The van der Waals surface area contributed by atoms with Gasteiger partial charge in [0.15, 0.2) is 0 Å².